The molecule has 1 unspecified atom stereocenters. The fraction of sp³-hybridized carbons (Fsp3) is 0.176. The summed E-state index contributed by atoms with van der Waals surface area (Å²) in [6, 6.07) is 12.5. The van der Waals surface area contributed by atoms with E-state index in [1.54, 1.807) is 6.07 Å². The van der Waals surface area contributed by atoms with Crippen LogP contribution in [0.15, 0.2) is 46.9 Å². The van der Waals surface area contributed by atoms with Gasteiger partial charge in [0.05, 0.1) is 0 Å². The summed E-state index contributed by atoms with van der Waals surface area (Å²) in [5, 5.41) is 0.731. The van der Waals surface area contributed by atoms with Gasteiger partial charge in [0.2, 0.25) is 0 Å². The molecule has 0 amide bonds. The molecule has 1 heterocycles. The summed E-state index contributed by atoms with van der Waals surface area (Å²) in [7, 11) is 0. The normalized spacial score (nSPS) is 12.8. The number of rotatable bonds is 3. The molecule has 0 spiro atoms. The van der Waals surface area contributed by atoms with Gasteiger partial charge >= 0.3 is 0 Å². The lowest BCUT2D eigenvalue weighted by atomic mass is 9.98. The van der Waals surface area contributed by atoms with E-state index >= 15 is 0 Å². The minimum atomic E-state index is -0.366. The SMILES string of the molecule is Cc1ccc(C(NN)c2cc3cccc(F)c3o2)c(C)c1. The van der Waals surface area contributed by atoms with E-state index in [1.165, 1.54) is 11.6 Å². The summed E-state index contributed by atoms with van der Waals surface area (Å²) in [5.41, 5.74) is 6.33. The van der Waals surface area contributed by atoms with Gasteiger partial charge in [-0.1, -0.05) is 35.9 Å². The van der Waals surface area contributed by atoms with Crippen LogP contribution in [0.5, 0.6) is 0 Å². The molecule has 21 heavy (non-hydrogen) atoms. The average Bonchev–Trinajstić information content (AvgIpc) is 2.87. The van der Waals surface area contributed by atoms with Crippen LogP contribution >= 0.6 is 0 Å². The number of aryl methyl sites for hydroxylation is 2. The van der Waals surface area contributed by atoms with Crippen molar-refractivity contribution >= 4 is 11.0 Å². The molecule has 3 aromatic rings. The van der Waals surface area contributed by atoms with Gasteiger partial charge < -0.3 is 4.42 Å². The Balaban J connectivity index is 2.11. The molecule has 0 aliphatic carbocycles. The van der Waals surface area contributed by atoms with Gasteiger partial charge in [-0.25, -0.2) is 9.82 Å². The van der Waals surface area contributed by atoms with Gasteiger partial charge in [0.15, 0.2) is 11.4 Å². The van der Waals surface area contributed by atoms with Crippen LogP contribution in [0.1, 0.15) is 28.5 Å². The van der Waals surface area contributed by atoms with Crippen molar-refractivity contribution in [3.05, 3.63) is 70.7 Å². The van der Waals surface area contributed by atoms with Crippen molar-refractivity contribution in [2.45, 2.75) is 19.9 Å². The van der Waals surface area contributed by atoms with E-state index in [0.29, 0.717) is 5.76 Å². The maximum Gasteiger partial charge on any atom is 0.169 e. The van der Waals surface area contributed by atoms with Crippen LogP contribution in [0.4, 0.5) is 4.39 Å². The summed E-state index contributed by atoms with van der Waals surface area (Å²) in [5.74, 6) is 5.94. The highest BCUT2D eigenvalue weighted by molar-refractivity contribution is 5.78. The lowest BCUT2D eigenvalue weighted by molar-refractivity contribution is 0.464. The number of nitrogens with one attached hydrogen (secondary N) is 1. The smallest absolute Gasteiger partial charge is 0.169 e. The number of nitrogens with two attached hydrogens (primary N) is 1. The van der Waals surface area contributed by atoms with Crippen LogP contribution in [0.2, 0.25) is 0 Å². The van der Waals surface area contributed by atoms with Gasteiger partial charge in [0.25, 0.3) is 0 Å². The Hall–Kier alpha value is -2.17. The van der Waals surface area contributed by atoms with Crippen LogP contribution in [0, 0.1) is 19.7 Å². The van der Waals surface area contributed by atoms with E-state index in [9.17, 15) is 4.39 Å². The number of hydrogen-bond donors (Lipinski definition) is 2. The largest absolute Gasteiger partial charge is 0.456 e. The van der Waals surface area contributed by atoms with Gasteiger partial charge in [-0.2, -0.15) is 0 Å². The number of benzene rings is 2. The third kappa shape index (κ3) is 2.44. The van der Waals surface area contributed by atoms with E-state index in [2.05, 4.69) is 11.5 Å². The van der Waals surface area contributed by atoms with Crippen LogP contribution in [0.3, 0.4) is 0 Å². The minimum Gasteiger partial charge on any atom is -0.456 e. The third-order valence-corrected chi connectivity index (χ3v) is 3.70. The first-order valence-corrected chi connectivity index (χ1v) is 6.81. The van der Waals surface area contributed by atoms with Crippen molar-refractivity contribution in [2.75, 3.05) is 0 Å². The molecular formula is C17H17FN2O. The first-order valence-electron chi connectivity index (χ1n) is 6.81. The second-order valence-corrected chi connectivity index (χ2v) is 5.27. The number of fused-ring (bicyclic) bond motifs is 1. The summed E-state index contributed by atoms with van der Waals surface area (Å²) in [6.07, 6.45) is 0. The van der Waals surface area contributed by atoms with Crippen molar-refractivity contribution < 1.29 is 8.81 Å². The summed E-state index contributed by atoms with van der Waals surface area (Å²) in [4.78, 5) is 0. The van der Waals surface area contributed by atoms with Gasteiger partial charge in [-0.3, -0.25) is 5.84 Å². The van der Waals surface area contributed by atoms with Gasteiger partial charge in [-0.05, 0) is 37.1 Å². The minimum absolute atomic E-state index is 0.262. The zero-order valence-corrected chi connectivity index (χ0v) is 12.0. The van der Waals surface area contributed by atoms with Crippen molar-refractivity contribution in [3.8, 4) is 0 Å². The van der Waals surface area contributed by atoms with Crippen LogP contribution in [-0.2, 0) is 0 Å². The Morgan fingerprint density at radius 2 is 1.95 bits per heavy atom. The Morgan fingerprint density at radius 3 is 2.62 bits per heavy atom. The molecule has 0 aliphatic heterocycles. The summed E-state index contributed by atoms with van der Waals surface area (Å²) in [6.45, 7) is 4.06. The van der Waals surface area contributed by atoms with Crippen molar-refractivity contribution in [1.82, 2.24) is 5.43 Å². The molecule has 3 rings (SSSR count). The predicted octanol–water partition coefficient (Wildman–Crippen LogP) is 3.74. The number of para-hydroxylation sites is 1. The van der Waals surface area contributed by atoms with Crippen molar-refractivity contribution in [2.24, 2.45) is 5.84 Å². The number of hydrogen-bond acceptors (Lipinski definition) is 3. The highest BCUT2D eigenvalue weighted by Crippen LogP contribution is 2.30. The van der Waals surface area contributed by atoms with E-state index in [-0.39, 0.29) is 17.4 Å². The van der Waals surface area contributed by atoms with E-state index in [1.807, 2.05) is 38.1 Å². The standard InChI is InChI=1S/C17H17FN2O/c1-10-6-7-13(11(2)8-10)16(20-19)15-9-12-4-3-5-14(18)17(12)21-15/h3-9,16,20H,19H2,1-2H3. The zero-order valence-electron chi connectivity index (χ0n) is 12.0. The lowest BCUT2D eigenvalue weighted by Crippen LogP contribution is -2.29. The highest BCUT2D eigenvalue weighted by atomic mass is 19.1. The van der Waals surface area contributed by atoms with Crippen molar-refractivity contribution in [3.63, 3.8) is 0 Å². The molecular weight excluding hydrogens is 267 g/mol. The molecule has 3 nitrogen and oxygen atoms in total. The topological polar surface area (TPSA) is 51.2 Å². The highest BCUT2D eigenvalue weighted by Gasteiger charge is 2.20. The Labute approximate surface area is 122 Å². The molecule has 3 N–H and O–H groups in total. The fourth-order valence-corrected chi connectivity index (χ4v) is 2.66. The molecule has 2 aromatic carbocycles. The van der Waals surface area contributed by atoms with E-state index < -0.39 is 0 Å². The predicted molar refractivity (Wildman–Crippen MR) is 81.3 cm³/mol. The second kappa shape index (κ2) is 5.31. The molecule has 0 bridgehead atoms. The molecule has 0 radical (unpaired) electrons. The first kappa shape index (κ1) is 13.8. The first-order chi connectivity index (χ1) is 10.1. The molecule has 108 valence electrons. The van der Waals surface area contributed by atoms with Gasteiger partial charge in [-0.15, -0.1) is 0 Å². The zero-order chi connectivity index (χ0) is 15.0. The number of hydrazine groups is 1. The maximum absolute atomic E-state index is 13.8. The molecule has 0 saturated heterocycles. The van der Waals surface area contributed by atoms with Gasteiger partial charge in [0, 0.05) is 5.39 Å². The summed E-state index contributed by atoms with van der Waals surface area (Å²) < 4.78 is 19.4. The summed E-state index contributed by atoms with van der Waals surface area (Å²) >= 11 is 0. The number of furan rings is 1. The average molecular weight is 284 g/mol. The second-order valence-electron chi connectivity index (χ2n) is 5.27. The Kier molecular flexibility index (Phi) is 3.49. The van der Waals surface area contributed by atoms with E-state index in [0.717, 1.165) is 16.5 Å². The fourth-order valence-electron chi connectivity index (χ4n) is 2.66. The molecule has 0 fully saturated rings. The molecule has 4 heteroatoms. The third-order valence-electron chi connectivity index (χ3n) is 3.70. The lowest BCUT2D eigenvalue weighted by Gasteiger charge is -2.16. The maximum atomic E-state index is 13.8. The van der Waals surface area contributed by atoms with E-state index in [4.69, 9.17) is 10.3 Å². The Bertz CT molecular complexity index is 795. The molecule has 1 atom stereocenters. The number of halogens is 1. The van der Waals surface area contributed by atoms with Crippen LogP contribution in [0.25, 0.3) is 11.0 Å². The van der Waals surface area contributed by atoms with Crippen molar-refractivity contribution in [1.29, 1.82) is 0 Å². The van der Waals surface area contributed by atoms with Crippen LogP contribution < -0.4 is 11.3 Å². The van der Waals surface area contributed by atoms with Crippen LogP contribution in [-0.4, -0.2) is 0 Å². The Morgan fingerprint density at radius 1 is 1.14 bits per heavy atom. The molecule has 0 aliphatic rings. The molecule has 0 saturated carbocycles. The molecule has 1 aromatic heterocycles. The van der Waals surface area contributed by atoms with Gasteiger partial charge in [0.1, 0.15) is 11.8 Å². The monoisotopic (exact) mass is 284 g/mol. The quantitative estimate of drug-likeness (QED) is 0.569.